The Bertz CT molecular complexity index is 465. The first-order chi connectivity index (χ1) is 9.10. The van der Waals surface area contributed by atoms with Crippen LogP contribution < -0.4 is 5.32 Å². The summed E-state index contributed by atoms with van der Waals surface area (Å²) in [6, 6.07) is 5.51. The maximum absolute atomic E-state index is 12.0. The molecule has 4 nitrogen and oxygen atoms in total. The van der Waals surface area contributed by atoms with Gasteiger partial charge in [0.2, 0.25) is 5.91 Å². The summed E-state index contributed by atoms with van der Waals surface area (Å²) in [6.07, 6.45) is 2.00. The van der Waals surface area contributed by atoms with E-state index in [9.17, 15) is 9.90 Å². The van der Waals surface area contributed by atoms with Gasteiger partial charge < -0.3 is 10.4 Å². The minimum Gasteiger partial charge on any atom is -0.395 e. The predicted molar refractivity (Wildman–Crippen MR) is 76.5 cm³/mol. The summed E-state index contributed by atoms with van der Waals surface area (Å²) in [6.45, 7) is 3.23. The number of hydrogen-bond donors (Lipinski definition) is 2. The molecule has 1 fully saturated rings. The molecule has 2 rings (SSSR count). The Hall–Kier alpha value is -1.10. The van der Waals surface area contributed by atoms with Crippen molar-refractivity contribution in [3.63, 3.8) is 0 Å². The van der Waals surface area contributed by atoms with Crippen LogP contribution in [0.1, 0.15) is 18.4 Å². The molecule has 19 heavy (non-hydrogen) atoms. The second kappa shape index (κ2) is 6.37. The zero-order valence-corrected chi connectivity index (χ0v) is 11.8. The summed E-state index contributed by atoms with van der Waals surface area (Å²) in [4.78, 5) is 14.0. The van der Waals surface area contributed by atoms with Crippen LogP contribution in [0.4, 0.5) is 5.69 Å². The zero-order chi connectivity index (χ0) is 13.8. The van der Waals surface area contributed by atoms with Crippen molar-refractivity contribution in [1.29, 1.82) is 0 Å². The summed E-state index contributed by atoms with van der Waals surface area (Å²) < 4.78 is 0. The molecule has 1 atom stereocenters. The van der Waals surface area contributed by atoms with Gasteiger partial charge in [0.05, 0.1) is 13.2 Å². The normalized spacial score (nSPS) is 19.6. The molecule has 0 bridgehead atoms. The largest absolute Gasteiger partial charge is 0.395 e. The van der Waals surface area contributed by atoms with Crippen molar-refractivity contribution >= 4 is 23.2 Å². The van der Waals surface area contributed by atoms with E-state index in [1.165, 1.54) is 0 Å². The van der Waals surface area contributed by atoms with Gasteiger partial charge in [-0.05, 0) is 50.1 Å². The second-order valence-electron chi connectivity index (χ2n) is 4.96. The third-order valence-electron chi connectivity index (χ3n) is 3.52. The number of carbonyl (C=O) groups excluding carboxylic acids is 1. The molecule has 0 aromatic heterocycles. The van der Waals surface area contributed by atoms with Crippen molar-refractivity contribution in [2.24, 2.45) is 0 Å². The van der Waals surface area contributed by atoms with Gasteiger partial charge in [-0.15, -0.1) is 0 Å². The lowest BCUT2D eigenvalue weighted by atomic mass is 10.2. The fourth-order valence-electron chi connectivity index (χ4n) is 2.45. The van der Waals surface area contributed by atoms with E-state index < -0.39 is 0 Å². The van der Waals surface area contributed by atoms with Crippen LogP contribution in [-0.4, -0.2) is 41.7 Å². The molecule has 0 radical (unpaired) electrons. The number of benzene rings is 1. The van der Waals surface area contributed by atoms with Gasteiger partial charge in [-0.2, -0.15) is 0 Å². The highest BCUT2D eigenvalue weighted by atomic mass is 35.5. The number of hydrogen-bond acceptors (Lipinski definition) is 3. The molecular weight excluding hydrogens is 264 g/mol. The number of aliphatic hydroxyl groups excluding tert-OH is 1. The minimum absolute atomic E-state index is 0.0502. The van der Waals surface area contributed by atoms with Gasteiger partial charge >= 0.3 is 0 Å². The number of aliphatic hydroxyl groups is 1. The summed E-state index contributed by atoms with van der Waals surface area (Å²) in [7, 11) is 0. The number of halogens is 1. The summed E-state index contributed by atoms with van der Waals surface area (Å²) in [5.41, 5.74) is 1.73. The van der Waals surface area contributed by atoms with Crippen molar-refractivity contribution in [2.45, 2.75) is 25.8 Å². The SMILES string of the molecule is Cc1cc(Cl)ccc1NC(=O)CN1CCC[C@H]1CO. The Kier molecular flexibility index (Phi) is 4.80. The first-order valence-corrected chi connectivity index (χ1v) is 6.89. The predicted octanol–water partition coefficient (Wildman–Crippen LogP) is 2.04. The molecular formula is C14H19ClN2O2. The Morgan fingerprint density at radius 3 is 3.05 bits per heavy atom. The molecule has 0 unspecified atom stereocenters. The Labute approximate surface area is 118 Å². The topological polar surface area (TPSA) is 52.6 Å². The highest BCUT2D eigenvalue weighted by Crippen LogP contribution is 2.20. The van der Waals surface area contributed by atoms with Crippen molar-refractivity contribution < 1.29 is 9.90 Å². The van der Waals surface area contributed by atoms with Crippen LogP contribution in [0.3, 0.4) is 0 Å². The summed E-state index contributed by atoms with van der Waals surface area (Å²) >= 11 is 5.88. The fourth-order valence-corrected chi connectivity index (χ4v) is 2.68. The second-order valence-corrected chi connectivity index (χ2v) is 5.39. The molecule has 1 aromatic rings. The maximum atomic E-state index is 12.0. The Balaban J connectivity index is 1.94. The van der Waals surface area contributed by atoms with Gasteiger partial charge in [-0.1, -0.05) is 11.6 Å². The van der Waals surface area contributed by atoms with E-state index in [4.69, 9.17) is 11.6 Å². The number of amides is 1. The van der Waals surface area contributed by atoms with Crippen LogP contribution in [0.5, 0.6) is 0 Å². The zero-order valence-electron chi connectivity index (χ0n) is 11.0. The maximum Gasteiger partial charge on any atom is 0.238 e. The van der Waals surface area contributed by atoms with Crippen molar-refractivity contribution in [1.82, 2.24) is 4.90 Å². The molecule has 1 aliphatic rings. The molecule has 1 amide bonds. The van der Waals surface area contributed by atoms with Gasteiger partial charge in [0.1, 0.15) is 0 Å². The minimum atomic E-state index is -0.0502. The van der Waals surface area contributed by atoms with Gasteiger partial charge in [0, 0.05) is 16.8 Å². The van der Waals surface area contributed by atoms with Gasteiger partial charge in [-0.3, -0.25) is 9.69 Å². The van der Waals surface area contributed by atoms with Crippen LogP contribution in [0, 0.1) is 6.92 Å². The smallest absolute Gasteiger partial charge is 0.238 e. The fraction of sp³-hybridized carbons (Fsp3) is 0.500. The molecule has 5 heteroatoms. The highest BCUT2D eigenvalue weighted by molar-refractivity contribution is 6.30. The lowest BCUT2D eigenvalue weighted by Gasteiger charge is -2.22. The van der Waals surface area contributed by atoms with E-state index in [1.54, 1.807) is 6.07 Å². The molecule has 1 heterocycles. The Morgan fingerprint density at radius 2 is 2.37 bits per heavy atom. The highest BCUT2D eigenvalue weighted by Gasteiger charge is 2.25. The first-order valence-electron chi connectivity index (χ1n) is 6.51. The molecule has 1 saturated heterocycles. The molecule has 2 N–H and O–H groups in total. The first kappa shape index (κ1) is 14.3. The van der Waals surface area contributed by atoms with E-state index in [2.05, 4.69) is 5.32 Å². The van der Waals surface area contributed by atoms with Gasteiger partial charge in [0.15, 0.2) is 0 Å². The third kappa shape index (κ3) is 3.69. The van der Waals surface area contributed by atoms with E-state index in [1.807, 2.05) is 24.0 Å². The number of nitrogens with one attached hydrogen (secondary N) is 1. The van der Waals surface area contributed by atoms with Crippen molar-refractivity contribution in [3.05, 3.63) is 28.8 Å². The van der Waals surface area contributed by atoms with Crippen molar-refractivity contribution in [3.8, 4) is 0 Å². The summed E-state index contributed by atoms with van der Waals surface area (Å²) in [5, 5.41) is 12.8. The molecule has 0 aliphatic carbocycles. The molecule has 1 aliphatic heterocycles. The van der Waals surface area contributed by atoms with Crippen LogP contribution >= 0.6 is 11.6 Å². The van der Waals surface area contributed by atoms with Crippen molar-refractivity contribution in [2.75, 3.05) is 25.0 Å². The average Bonchev–Trinajstić information content (AvgIpc) is 2.80. The quantitative estimate of drug-likeness (QED) is 0.889. The number of anilines is 1. The molecule has 104 valence electrons. The monoisotopic (exact) mass is 282 g/mol. The van der Waals surface area contributed by atoms with Crippen LogP contribution in [0.2, 0.25) is 5.02 Å². The van der Waals surface area contributed by atoms with E-state index in [-0.39, 0.29) is 18.6 Å². The van der Waals surface area contributed by atoms with E-state index in [0.717, 1.165) is 30.6 Å². The number of carbonyl (C=O) groups is 1. The third-order valence-corrected chi connectivity index (χ3v) is 3.75. The number of nitrogens with zero attached hydrogens (tertiary/aromatic N) is 1. The van der Waals surface area contributed by atoms with Gasteiger partial charge in [0.25, 0.3) is 0 Å². The summed E-state index contributed by atoms with van der Waals surface area (Å²) in [5.74, 6) is -0.0502. The molecule has 0 saturated carbocycles. The standard InChI is InChI=1S/C14H19ClN2O2/c1-10-7-11(15)4-5-13(10)16-14(19)8-17-6-2-3-12(17)9-18/h4-5,7,12,18H,2-3,6,8-9H2,1H3,(H,16,19)/t12-/m0/s1. The number of likely N-dealkylation sites (tertiary alicyclic amines) is 1. The lowest BCUT2D eigenvalue weighted by molar-refractivity contribution is -0.117. The lowest BCUT2D eigenvalue weighted by Crippen LogP contribution is -2.38. The number of rotatable bonds is 4. The van der Waals surface area contributed by atoms with Crippen LogP contribution in [-0.2, 0) is 4.79 Å². The molecule has 0 spiro atoms. The van der Waals surface area contributed by atoms with E-state index >= 15 is 0 Å². The Morgan fingerprint density at radius 1 is 1.58 bits per heavy atom. The van der Waals surface area contributed by atoms with Crippen LogP contribution in [0.15, 0.2) is 18.2 Å². The van der Waals surface area contributed by atoms with E-state index in [0.29, 0.717) is 11.6 Å². The number of aryl methyl sites for hydroxylation is 1. The average molecular weight is 283 g/mol. The van der Waals surface area contributed by atoms with Gasteiger partial charge in [-0.25, -0.2) is 0 Å². The van der Waals surface area contributed by atoms with Crippen LogP contribution in [0.25, 0.3) is 0 Å². The molecule has 1 aromatic carbocycles.